The van der Waals surface area contributed by atoms with Crippen molar-refractivity contribution in [3.05, 3.63) is 0 Å². The highest BCUT2D eigenvalue weighted by Gasteiger charge is 2.33. The van der Waals surface area contributed by atoms with E-state index in [1.165, 1.54) is 0 Å². The molecule has 0 radical (unpaired) electrons. The van der Waals surface area contributed by atoms with Gasteiger partial charge < -0.3 is 4.79 Å². The Bertz CT molecular complexity index is 236. The molecule has 3 nitrogen and oxygen atoms in total. The zero-order valence-electron chi connectivity index (χ0n) is 10.7. The zero-order chi connectivity index (χ0) is 11.7. The summed E-state index contributed by atoms with van der Waals surface area (Å²) in [5.74, 6) is 0. The molecule has 0 unspecified atom stereocenters. The molecule has 15 heavy (non-hydrogen) atoms. The number of likely N-dealkylation sites (N-methyl/N-ethyl adjacent to an activating group) is 1. The number of carbonyl (C=O) groups excluding carboxylic acids is 1. The first-order valence-corrected chi connectivity index (χ1v) is 5.67. The lowest BCUT2D eigenvalue weighted by Crippen LogP contribution is -2.58. The summed E-state index contributed by atoms with van der Waals surface area (Å²) in [6.45, 7) is 12.6. The maximum atomic E-state index is 10.9. The first-order valence-electron chi connectivity index (χ1n) is 5.67. The van der Waals surface area contributed by atoms with Crippen LogP contribution in [-0.2, 0) is 4.79 Å². The van der Waals surface area contributed by atoms with Gasteiger partial charge in [-0.05, 0) is 20.9 Å². The summed E-state index contributed by atoms with van der Waals surface area (Å²) >= 11 is 0. The van der Waals surface area contributed by atoms with Crippen molar-refractivity contribution in [2.75, 3.05) is 33.2 Å². The van der Waals surface area contributed by atoms with E-state index in [0.29, 0.717) is 0 Å². The molecule has 3 heteroatoms. The van der Waals surface area contributed by atoms with Gasteiger partial charge in [0.25, 0.3) is 0 Å². The van der Waals surface area contributed by atoms with E-state index < -0.39 is 0 Å². The van der Waals surface area contributed by atoms with Crippen LogP contribution in [0.25, 0.3) is 0 Å². The second kappa shape index (κ2) is 4.22. The Morgan fingerprint density at radius 3 is 2.40 bits per heavy atom. The van der Waals surface area contributed by atoms with Crippen LogP contribution >= 0.6 is 0 Å². The van der Waals surface area contributed by atoms with Crippen LogP contribution < -0.4 is 0 Å². The SMILES string of the molecule is CN1CCN(CC(C)(C)C=O)CC1(C)C. The molecule has 0 spiro atoms. The van der Waals surface area contributed by atoms with Gasteiger partial charge in [0.15, 0.2) is 0 Å². The summed E-state index contributed by atoms with van der Waals surface area (Å²) < 4.78 is 0. The molecule has 1 saturated heterocycles. The molecule has 0 atom stereocenters. The third-order valence-electron chi connectivity index (χ3n) is 3.35. The minimum Gasteiger partial charge on any atom is -0.303 e. The molecule has 0 saturated carbocycles. The fourth-order valence-electron chi connectivity index (χ4n) is 2.09. The largest absolute Gasteiger partial charge is 0.303 e. The first kappa shape index (κ1) is 12.7. The fraction of sp³-hybridized carbons (Fsp3) is 0.917. The van der Waals surface area contributed by atoms with Gasteiger partial charge in [0, 0.05) is 37.1 Å². The van der Waals surface area contributed by atoms with Gasteiger partial charge in [-0.25, -0.2) is 0 Å². The quantitative estimate of drug-likeness (QED) is 0.658. The molecule has 0 aromatic carbocycles. The number of aldehydes is 1. The summed E-state index contributed by atoms with van der Waals surface area (Å²) in [7, 11) is 2.17. The molecule has 88 valence electrons. The molecule has 0 N–H and O–H groups in total. The Kier molecular flexibility index (Phi) is 3.56. The highest BCUT2D eigenvalue weighted by Crippen LogP contribution is 2.22. The maximum Gasteiger partial charge on any atom is 0.126 e. The molecule has 0 aromatic heterocycles. The van der Waals surface area contributed by atoms with Crippen molar-refractivity contribution in [1.29, 1.82) is 0 Å². The van der Waals surface area contributed by atoms with Crippen LogP contribution in [0, 0.1) is 5.41 Å². The van der Waals surface area contributed by atoms with Crippen LogP contribution in [0.2, 0.25) is 0 Å². The van der Waals surface area contributed by atoms with Crippen LogP contribution in [0.5, 0.6) is 0 Å². The third-order valence-corrected chi connectivity index (χ3v) is 3.35. The molecular formula is C12H24N2O. The lowest BCUT2D eigenvalue weighted by Gasteiger charge is -2.46. The molecule has 1 fully saturated rings. The van der Waals surface area contributed by atoms with E-state index in [1.807, 2.05) is 13.8 Å². The van der Waals surface area contributed by atoms with Gasteiger partial charge in [-0.2, -0.15) is 0 Å². The van der Waals surface area contributed by atoms with Gasteiger partial charge in [0.1, 0.15) is 6.29 Å². The standard InChI is InChI=1S/C12H24N2O/c1-11(2,10-15)8-14-7-6-13(5)12(3,4)9-14/h10H,6-9H2,1-5H3. The molecule has 1 heterocycles. The Hall–Kier alpha value is -0.410. The van der Waals surface area contributed by atoms with Crippen molar-refractivity contribution in [3.63, 3.8) is 0 Å². The molecule has 0 aliphatic carbocycles. The zero-order valence-corrected chi connectivity index (χ0v) is 10.7. The minimum absolute atomic E-state index is 0.216. The normalized spacial score (nSPS) is 24.1. The summed E-state index contributed by atoms with van der Waals surface area (Å²) in [6.07, 6.45) is 1.07. The second-order valence-electron chi connectivity index (χ2n) is 6.05. The highest BCUT2D eigenvalue weighted by molar-refractivity contribution is 5.58. The second-order valence-corrected chi connectivity index (χ2v) is 6.05. The Morgan fingerprint density at radius 2 is 1.93 bits per heavy atom. The number of nitrogens with zero attached hydrogens (tertiary/aromatic N) is 2. The number of rotatable bonds is 3. The average molecular weight is 212 g/mol. The maximum absolute atomic E-state index is 10.9. The van der Waals surface area contributed by atoms with Gasteiger partial charge in [-0.1, -0.05) is 13.8 Å². The Morgan fingerprint density at radius 1 is 1.33 bits per heavy atom. The molecule has 1 aliphatic rings. The van der Waals surface area contributed by atoms with Crippen molar-refractivity contribution in [2.45, 2.75) is 33.2 Å². The van der Waals surface area contributed by atoms with E-state index in [-0.39, 0.29) is 11.0 Å². The van der Waals surface area contributed by atoms with Crippen LogP contribution in [0.1, 0.15) is 27.7 Å². The van der Waals surface area contributed by atoms with E-state index in [9.17, 15) is 4.79 Å². The lowest BCUT2D eigenvalue weighted by molar-refractivity contribution is -0.116. The molecule has 0 bridgehead atoms. The first-order chi connectivity index (χ1) is 6.77. The van der Waals surface area contributed by atoms with E-state index in [0.717, 1.165) is 32.5 Å². The van der Waals surface area contributed by atoms with Gasteiger partial charge in [-0.3, -0.25) is 9.80 Å². The van der Waals surface area contributed by atoms with Crippen LogP contribution in [0.3, 0.4) is 0 Å². The van der Waals surface area contributed by atoms with Crippen molar-refractivity contribution in [1.82, 2.24) is 9.80 Å². The topological polar surface area (TPSA) is 23.6 Å². The van der Waals surface area contributed by atoms with E-state index in [2.05, 4.69) is 30.7 Å². The lowest BCUT2D eigenvalue weighted by atomic mass is 9.92. The number of carbonyl (C=O) groups is 1. The number of piperazine rings is 1. The molecule has 0 aromatic rings. The smallest absolute Gasteiger partial charge is 0.126 e. The minimum atomic E-state index is -0.216. The predicted octanol–water partition coefficient (Wildman–Crippen LogP) is 1.24. The predicted molar refractivity (Wildman–Crippen MR) is 63.0 cm³/mol. The molecule has 1 aliphatic heterocycles. The average Bonchev–Trinajstić information content (AvgIpc) is 2.10. The Balaban J connectivity index is 2.56. The summed E-state index contributed by atoms with van der Waals surface area (Å²) in [5, 5.41) is 0. The van der Waals surface area contributed by atoms with Crippen LogP contribution in [0.15, 0.2) is 0 Å². The number of hydrogen-bond acceptors (Lipinski definition) is 3. The summed E-state index contributed by atoms with van der Waals surface area (Å²) in [4.78, 5) is 15.7. The van der Waals surface area contributed by atoms with E-state index in [4.69, 9.17) is 0 Å². The third kappa shape index (κ3) is 3.28. The van der Waals surface area contributed by atoms with E-state index >= 15 is 0 Å². The Labute approximate surface area is 93.4 Å². The summed E-state index contributed by atoms with van der Waals surface area (Å²) in [5.41, 5.74) is 0.00318. The van der Waals surface area contributed by atoms with Crippen LogP contribution in [-0.4, -0.2) is 54.9 Å². The molecule has 1 rings (SSSR count). The molecule has 0 amide bonds. The molecular weight excluding hydrogens is 188 g/mol. The van der Waals surface area contributed by atoms with Gasteiger partial charge >= 0.3 is 0 Å². The van der Waals surface area contributed by atoms with Gasteiger partial charge in [0.2, 0.25) is 0 Å². The van der Waals surface area contributed by atoms with E-state index in [1.54, 1.807) is 0 Å². The van der Waals surface area contributed by atoms with Crippen molar-refractivity contribution in [3.8, 4) is 0 Å². The monoisotopic (exact) mass is 212 g/mol. The number of hydrogen-bond donors (Lipinski definition) is 0. The van der Waals surface area contributed by atoms with Gasteiger partial charge in [0.05, 0.1) is 0 Å². The fourth-order valence-corrected chi connectivity index (χ4v) is 2.09. The van der Waals surface area contributed by atoms with Crippen molar-refractivity contribution >= 4 is 6.29 Å². The van der Waals surface area contributed by atoms with Crippen LogP contribution in [0.4, 0.5) is 0 Å². The van der Waals surface area contributed by atoms with Gasteiger partial charge in [-0.15, -0.1) is 0 Å². The van der Waals surface area contributed by atoms with Crippen molar-refractivity contribution < 1.29 is 4.79 Å². The summed E-state index contributed by atoms with van der Waals surface area (Å²) in [6, 6.07) is 0. The highest BCUT2D eigenvalue weighted by atomic mass is 16.1. The van der Waals surface area contributed by atoms with Crippen molar-refractivity contribution in [2.24, 2.45) is 5.41 Å².